The number of hydrogen-bond acceptors (Lipinski definition) is 4. The first-order valence-electron chi connectivity index (χ1n) is 10.5. The topological polar surface area (TPSA) is 82.6 Å². The van der Waals surface area contributed by atoms with E-state index in [0.717, 1.165) is 27.2 Å². The molecule has 34 heavy (non-hydrogen) atoms. The van der Waals surface area contributed by atoms with Crippen molar-refractivity contribution < 1.29 is 8.42 Å². The van der Waals surface area contributed by atoms with Crippen LogP contribution in [-0.4, -0.2) is 29.8 Å². The van der Waals surface area contributed by atoms with Crippen LogP contribution in [0.15, 0.2) is 82.7 Å². The van der Waals surface area contributed by atoms with Gasteiger partial charge in [0.25, 0.3) is 5.56 Å². The second kappa shape index (κ2) is 8.58. The van der Waals surface area contributed by atoms with Crippen LogP contribution in [0.1, 0.15) is 23.6 Å². The van der Waals surface area contributed by atoms with Gasteiger partial charge in [0.1, 0.15) is 0 Å². The van der Waals surface area contributed by atoms with Crippen molar-refractivity contribution in [2.45, 2.75) is 12.5 Å². The first-order chi connectivity index (χ1) is 16.2. The van der Waals surface area contributed by atoms with Crippen LogP contribution in [0.3, 0.4) is 0 Å². The molecule has 3 aromatic carbocycles. The van der Waals surface area contributed by atoms with E-state index in [4.69, 9.17) is 23.2 Å². The third-order valence-electron chi connectivity index (χ3n) is 5.79. The quantitative estimate of drug-likeness (QED) is 0.386. The molecule has 4 aromatic rings. The van der Waals surface area contributed by atoms with Gasteiger partial charge in [-0.2, -0.15) is 9.52 Å². The first-order valence-corrected chi connectivity index (χ1v) is 13.1. The molecule has 1 aliphatic heterocycles. The Morgan fingerprint density at radius 3 is 2.29 bits per heavy atom. The molecular formula is C25H19Cl2N3O3S. The highest BCUT2D eigenvalue weighted by molar-refractivity contribution is 7.88. The van der Waals surface area contributed by atoms with Gasteiger partial charge in [0.2, 0.25) is 10.0 Å². The first kappa shape index (κ1) is 22.7. The molecular weight excluding hydrogens is 493 g/mol. The predicted molar refractivity (Wildman–Crippen MR) is 137 cm³/mol. The number of halogens is 2. The Labute approximate surface area is 206 Å². The predicted octanol–water partition coefficient (Wildman–Crippen LogP) is 5.61. The van der Waals surface area contributed by atoms with Crippen molar-refractivity contribution in [1.29, 1.82) is 0 Å². The molecule has 0 radical (unpaired) electrons. The summed E-state index contributed by atoms with van der Waals surface area (Å²) in [6.45, 7) is 0. The number of rotatable bonds is 4. The molecule has 0 saturated carbocycles. The van der Waals surface area contributed by atoms with E-state index >= 15 is 0 Å². The maximum absolute atomic E-state index is 13.4. The minimum absolute atomic E-state index is 0.226. The van der Waals surface area contributed by atoms with Gasteiger partial charge in [0.15, 0.2) is 0 Å². The van der Waals surface area contributed by atoms with Gasteiger partial charge in [-0.15, -0.1) is 0 Å². The number of sulfonamides is 1. The number of aromatic nitrogens is 1. The zero-order chi connectivity index (χ0) is 24.0. The molecule has 0 aliphatic carbocycles. The number of nitrogens with zero attached hydrogens (tertiary/aromatic N) is 2. The highest BCUT2D eigenvalue weighted by atomic mass is 35.5. The van der Waals surface area contributed by atoms with Crippen molar-refractivity contribution in [3.8, 4) is 11.1 Å². The zero-order valence-corrected chi connectivity index (χ0v) is 20.3. The van der Waals surface area contributed by atoms with E-state index in [1.54, 1.807) is 42.5 Å². The Kier molecular flexibility index (Phi) is 5.72. The number of aromatic amines is 1. The molecule has 2 heterocycles. The van der Waals surface area contributed by atoms with Crippen molar-refractivity contribution in [2.75, 3.05) is 6.26 Å². The van der Waals surface area contributed by atoms with Crippen LogP contribution >= 0.6 is 23.2 Å². The van der Waals surface area contributed by atoms with E-state index in [0.29, 0.717) is 32.4 Å². The van der Waals surface area contributed by atoms with Gasteiger partial charge in [-0.05, 0) is 41.5 Å². The van der Waals surface area contributed by atoms with E-state index in [1.165, 1.54) is 0 Å². The summed E-state index contributed by atoms with van der Waals surface area (Å²) >= 11 is 12.3. The number of benzene rings is 3. The Morgan fingerprint density at radius 1 is 0.941 bits per heavy atom. The van der Waals surface area contributed by atoms with Gasteiger partial charge in [0.05, 0.1) is 23.6 Å². The van der Waals surface area contributed by atoms with E-state index in [1.807, 2.05) is 30.3 Å². The fourth-order valence-electron chi connectivity index (χ4n) is 4.32. The average Bonchev–Trinajstić information content (AvgIpc) is 3.25. The summed E-state index contributed by atoms with van der Waals surface area (Å²) in [6, 6.07) is 21.1. The lowest BCUT2D eigenvalue weighted by Crippen LogP contribution is -2.25. The van der Waals surface area contributed by atoms with Crippen LogP contribution in [0.5, 0.6) is 0 Å². The third-order valence-corrected chi connectivity index (χ3v) is 7.30. The molecule has 0 amide bonds. The summed E-state index contributed by atoms with van der Waals surface area (Å²) in [5.74, 6) is 0. The molecule has 1 atom stereocenters. The fourth-order valence-corrected chi connectivity index (χ4v) is 5.53. The minimum atomic E-state index is -3.71. The van der Waals surface area contributed by atoms with Gasteiger partial charge in [-0.3, -0.25) is 4.79 Å². The molecule has 1 aromatic heterocycles. The molecule has 0 bridgehead atoms. The van der Waals surface area contributed by atoms with E-state index in [9.17, 15) is 13.2 Å². The van der Waals surface area contributed by atoms with Gasteiger partial charge >= 0.3 is 0 Å². The maximum Gasteiger partial charge on any atom is 0.258 e. The molecule has 0 fully saturated rings. The number of hydrazone groups is 1. The molecule has 9 heteroatoms. The molecule has 172 valence electrons. The van der Waals surface area contributed by atoms with Crippen molar-refractivity contribution in [3.05, 3.63) is 104 Å². The maximum atomic E-state index is 13.4. The largest absolute Gasteiger partial charge is 0.321 e. The summed E-state index contributed by atoms with van der Waals surface area (Å²) in [5.41, 5.74) is 3.18. The zero-order valence-electron chi connectivity index (χ0n) is 18.0. The summed E-state index contributed by atoms with van der Waals surface area (Å²) in [6.07, 6.45) is 1.33. The molecule has 1 aliphatic rings. The van der Waals surface area contributed by atoms with E-state index in [2.05, 4.69) is 10.1 Å². The number of fused-ring (bicyclic) bond motifs is 1. The van der Waals surface area contributed by atoms with Gasteiger partial charge < -0.3 is 4.98 Å². The lowest BCUT2D eigenvalue weighted by molar-refractivity contribution is 0.375. The highest BCUT2D eigenvalue weighted by Crippen LogP contribution is 2.38. The Bertz CT molecular complexity index is 1600. The van der Waals surface area contributed by atoms with Gasteiger partial charge in [-0.1, -0.05) is 65.7 Å². The van der Waals surface area contributed by atoms with Gasteiger partial charge in [0, 0.05) is 32.9 Å². The minimum Gasteiger partial charge on any atom is -0.321 e. The lowest BCUT2D eigenvalue weighted by Gasteiger charge is -2.21. The summed E-state index contributed by atoms with van der Waals surface area (Å²) in [4.78, 5) is 16.3. The van der Waals surface area contributed by atoms with Crippen molar-refractivity contribution >= 4 is 49.8 Å². The van der Waals surface area contributed by atoms with E-state index in [-0.39, 0.29) is 12.0 Å². The monoisotopic (exact) mass is 511 g/mol. The van der Waals surface area contributed by atoms with Crippen LogP contribution in [0.25, 0.3) is 22.0 Å². The van der Waals surface area contributed by atoms with Crippen molar-refractivity contribution in [3.63, 3.8) is 0 Å². The molecule has 0 unspecified atom stereocenters. The Balaban J connectivity index is 1.76. The Hall–Kier alpha value is -3.13. The Morgan fingerprint density at radius 2 is 1.62 bits per heavy atom. The standard InChI is InChI=1S/C25H19Cl2N3O3S/c1-34(32,33)30-22(15-7-9-17(26)10-8-15)14-21(29-30)24-23(16-5-3-2-4-6-16)19-13-18(27)11-12-20(19)28-25(24)31/h2-13,22H,14H2,1H3,(H,28,31)/t22-/m0/s1. The van der Waals surface area contributed by atoms with E-state index < -0.39 is 16.1 Å². The second-order valence-corrected chi connectivity index (χ2v) is 10.8. The molecule has 6 nitrogen and oxygen atoms in total. The molecule has 0 saturated heterocycles. The molecule has 5 rings (SSSR count). The van der Waals surface area contributed by atoms with Crippen LogP contribution in [0.2, 0.25) is 10.0 Å². The summed E-state index contributed by atoms with van der Waals surface area (Å²) < 4.78 is 26.4. The second-order valence-electron chi connectivity index (χ2n) is 8.11. The van der Waals surface area contributed by atoms with Crippen LogP contribution in [0, 0.1) is 0 Å². The molecule has 0 spiro atoms. The highest BCUT2D eigenvalue weighted by Gasteiger charge is 2.36. The smallest absolute Gasteiger partial charge is 0.258 e. The fraction of sp³-hybridized carbons (Fsp3) is 0.120. The van der Waals surface area contributed by atoms with Crippen molar-refractivity contribution in [2.24, 2.45) is 5.10 Å². The third kappa shape index (κ3) is 4.11. The number of pyridine rings is 1. The van der Waals surface area contributed by atoms with Crippen LogP contribution in [-0.2, 0) is 10.0 Å². The SMILES string of the molecule is CS(=O)(=O)N1N=C(c2c(-c3ccccc3)c3cc(Cl)ccc3[nH]c2=O)C[C@H]1c1ccc(Cl)cc1. The number of hydrogen-bond donors (Lipinski definition) is 1. The summed E-state index contributed by atoms with van der Waals surface area (Å²) in [5, 5.41) is 6.27. The molecule has 1 N–H and O–H groups in total. The number of nitrogens with one attached hydrogen (secondary N) is 1. The lowest BCUT2D eigenvalue weighted by atomic mass is 9.91. The van der Waals surface area contributed by atoms with Crippen LogP contribution in [0.4, 0.5) is 0 Å². The van der Waals surface area contributed by atoms with Crippen LogP contribution < -0.4 is 5.56 Å². The summed E-state index contributed by atoms with van der Waals surface area (Å²) in [7, 11) is -3.71. The normalized spacial score (nSPS) is 16.1. The average molecular weight is 512 g/mol. The van der Waals surface area contributed by atoms with Crippen molar-refractivity contribution in [1.82, 2.24) is 9.40 Å². The van der Waals surface area contributed by atoms with Gasteiger partial charge in [-0.25, -0.2) is 8.42 Å². The number of H-pyrrole nitrogens is 1.